The molecule has 2 N–H and O–H groups in total. The lowest BCUT2D eigenvalue weighted by Crippen LogP contribution is -2.30. The van der Waals surface area contributed by atoms with Gasteiger partial charge in [0.25, 0.3) is 0 Å². The van der Waals surface area contributed by atoms with E-state index in [1.165, 1.54) is 37.9 Å². The van der Waals surface area contributed by atoms with Crippen LogP contribution in [-0.2, 0) is 11.3 Å². The molecule has 120 valence electrons. The first-order chi connectivity index (χ1) is 10.6. The van der Waals surface area contributed by atoms with Crippen molar-refractivity contribution in [1.29, 1.82) is 0 Å². The molecule has 3 rings (SSSR count). The number of nitrogens with two attached hydrogens (primary N) is 1. The first-order valence-corrected chi connectivity index (χ1v) is 8.42. The number of amides is 1. The highest BCUT2D eigenvalue weighted by atomic mass is 16.5. The molecule has 4 nitrogen and oxygen atoms in total. The predicted molar refractivity (Wildman–Crippen MR) is 86.8 cm³/mol. The second-order valence-corrected chi connectivity index (χ2v) is 6.64. The van der Waals surface area contributed by atoms with E-state index < -0.39 is 0 Å². The van der Waals surface area contributed by atoms with Gasteiger partial charge in [0.05, 0.1) is 6.61 Å². The molecule has 1 amide bonds. The van der Waals surface area contributed by atoms with E-state index in [0.717, 1.165) is 24.3 Å². The van der Waals surface area contributed by atoms with Gasteiger partial charge >= 0.3 is 0 Å². The van der Waals surface area contributed by atoms with Crippen LogP contribution in [0.2, 0.25) is 0 Å². The molecule has 0 bridgehead atoms. The van der Waals surface area contributed by atoms with Crippen LogP contribution in [0.3, 0.4) is 0 Å². The van der Waals surface area contributed by atoms with Crippen molar-refractivity contribution >= 4 is 5.91 Å². The van der Waals surface area contributed by atoms with Crippen molar-refractivity contribution < 1.29 is 9.53 Å². The largest absolute Gasteiger partial charge is 0.493 e. The summed E-state index contributed by atoms with van der Waals surface area (Å²) in [6.07, 6.45) is 4.83. The SMILES string of the molecule is C[C@@H](C(N)=O)C1CCOc2cc(CN3CCCCC3)ccc21. The van der Waals surface area contributed by atoms with Gasteiger partial charge < -0.3 is 10.5 Å². The third kappa shape index (κ3) is 3.27. The standard InChI is InChI=1S/C18H26N2O2/c1-13(18(19)21)15-7-10-22-17-11-14(5-6-16(15)17)12-20-8-3-2-4-9-20/h5-6,11,13,15H,2-4,7-10,12H2,1H3,(H2,19,21)/t13-,15?/m1/s1. The predicted octanol–water partition coefficient (Wildman–Crippen LogP) is 2.66. The fourth-order valence-electron chi connectivity index (χ4n) is 3.65. The molecule has 2 aliphatic heterocycles. The summed E-state index contributed by atoms with van der Waals surface area (Å²) in [4.78, 5) is 14.0. The zero-order chi connectivity index (χ0) is 15.5. The number of primary amides is 1. The molecule has 0 saturated carbocycles. The van der Waals surface area contributed by atoms with E-state index >= 15 is 0 Å². The molecule has 1 unspecified atom stereocenters. The summed E-state index contributed by atoms with van der Waals surface area (Å²) >= 11 is 0. The van der Waals surface area contributed by atoms with Crippen LogP contribution in [0.4, 0.5) is 0 Å². The zero-order valence-electron chi connectivity index (χ0n) is 13.4. The van der Waals surface area contributed by atoms with E-state index in [1.807, 2.05) is 6.92 Å². The molecule has 2 heterocycles. The quantitative estimate of drug-likeness (QED) is 0.930. The first kappa shape index (κ1) is 15.3. The van der Waals surface area contributed by atoms with Crippen molar-refractivity contribution in [3.8, 4) is 5.75 Å². The Morgan fingerprint density at radius 2 is 2.14 bits per heavy atom. The van der Waals surface area contributed by atoms with Gasteiger partial charge in [-0.25, -0.2) is 0 Å². The van der Waals surface area contributed by atoms with Gasteiger partial charge in [-0.05, 0) is 49.5 Å². The van der Waals surface area contributed by atoms with Crippen LogP contribution in [0.15, 0.2) is 18.2 Å². The summed E-state index contributed by atoms with van der Waals surface area (Å²) in [7, 11) is 0. The fourth-order valence-corrected chi connectivity index (χ4v) is 3.65. The van der Waals surface area contributed by atoms with Gasteiger partial charge in [-0.3, -0.25) is 9.69 Å². The second kappa shape index (κ2) is 6.69. The molecule has 1 fully saturated rings. The van der Waals surface area contributed by atoms with Gasteiger partial charge in [0.15, 0.2) is 0 Å². The van der Waals surface area contributed by atoms with Crippen molar-refractivity contribution in [2.24, 2.45) is 11.7 Å². The topological polar surface area (TPSA) is 55.6 Å². The van der Waals surface area contributed by atoms with Gasteiger partial charge in [0.1, 0.15) is 5.75 Å². The molecule has 4 heteroatoms. The minimum Gasteiger partial charge on any atom is -0.493 e. The number of nitrogens with zero attached hydrogens (tertiary/aromatic N) is 1. The maximum absolute atomic E-state index is 11.5. The zero-order valence-corrected chi connectivity index (χ0v) is 13.4. The Morgan fingerprint density at radius 1 is 1.36 bits per heavy atom. The number of hydrogen-bond acceptors (Lipinski definition) is 3. The summed E-state index contributed by atoms with van der Waals surface area (Å²) in [5.41, 5.74) is 7.93. The van der Waals surface area contributed by atoms with E-state index in [1.54, 1.807) is 0 Å². The highest BCUT2D eigenvalue weighted by Gasteiger charge is 2.29. The molecule has 2 aliphatic rings. The van der Waals surface area contributed by atoms with Crippen molar-refractivity contribution in [2.75, 3.05) is 19.7 Å². The first-order valence-electron chi connectivity index (χ1n) is 8.42. The summed E-state index contributed by atoms with van der Waals surface area (Å²) in [5, 5.41) is 0. The Morgan fingerprint density at radius 3 is 2.86 bits per heavy atom. The highest BCUT2D eigenvalue weighted by Crippen LogP contribution is 2.39. The molecule has 1 saturated heterocycles. The number of carbonyl (C=O) groups is 1. The normalized spacial score (nSPS) is 23.4. The number of rotatable bonds is 4. The summed E-state index contributed by atoms with van der Waals surface area (Å²) < 4.78 is 5.84. The average Bonchev–Trinajstić information content (AvgIpc) is 2.54. The molecule has 0 spiro atoms. The van der Waals surface area contributed by atoms with Crippen LogP contribution < -0.4 is 10.5 Å². The maximum Gasteiger partial charge on any atom is 0.220 e. The van der Waals surface area contributed by atoms with E-state index in [9.17, 15) is 4.79 Å². The van der Waals surface area contributed by atoms with Gasteiger partial charge in [-0.2, -0.15) is 0 Å². The van der Waals surface area contributed by atoms with Crippen LogP contribution in [0.1, 0.15) is 49.7 Å². The second-order valence-electron chi connectivity index (χ2n) is 6.64. The number of benzene rings is 1. The van der Waals surface area contributed by atoms with Crippen LogP contribution in [0.5, 0.6) is 5.75 Å². The number of ether oxygens (including phenoxy) is 1. The lowest BCUT2D eigenvalue weighted by molar-refractivity contribution is -0.122. The number of hydrogen-bond donors (Lipinski definition) is 1. The third-order valence-corrected chi connectivity index (χ3v) is 5.07. The van der Waals surface area contributed by atoms with Crippen molar-refractivity contribution in [3.05, 3.63) is 29.3 Å². The molecule has 0 radical (unpaired) electrons. The molecular formula is C18H26N2O2. The number of carbonyl (C=O) groups excluding carboxylic acids is 1. The number of fused-ring (bicyclic) bond motifs is 1. The van der Waals surface area contributed by atoms with Crippen molar-refractivity contribution in [3.63, 3.8) is 0 Å². The smallest absolute Gasteiger partial charge is 0.220 e. The Bertz CT molecular complexity index is 538. The molecular weight excluding hydrogens is 276 g/mol. The van der Waals surface area contributed by atoms with Crippen molar-refractivity contribution in [2.45, 2.75) is 45.1 Å². The summed E-state index contributed by atoms with van der Waals surface area (Å²) in [6, 6.07) is 6.48. The Hall–Kier alpha value is -1.55. The Balaban J connectivity index is 1.76. The maximum atomic E-state index is 11.5. The highest BCUT2D eigenvalue weighted by molar-refractivity contribution is 5.77. The lowest BCUT2D eigenvalue weighted by Gasteiger charge is -2.30. The van der Waals surface area contributed by atoms with E-state index in [2.05, 4.69) is 23.1 Å². The van der Waals surface area contributed by atoms with E-state index in [0.29, 0.717) is 6.61 Å². The molecule has 0 aliphatic carbocycles. The molecule has 1 aromatic carbocycles. The molecule has 2 atom stereocenters. The number of likely N-dealkylation sites (tertiary alicyclic amines) is 1. The Labute approximate surface area is 132 Å². The van der Waals surface area contributed by atoms with Gasteiger partial charge in [-0.15, -0.1) is 0 Å². The Kier molecular flexibility index (Phi) is 4.67. The minimum atomic E-state index is -0.227. The molecule has 0 aromatic heterocycles. The van der Waals surface area contributed by atoms with Crippen LogP contribution in [0, 0.1) is 5.92 Å². The minimum absolute atomic E-state index is 0.143. The average molecular weight is 302 g/mol. The van der Waals surface area contributed by atoms with Crippen LogP contribution >= 0.6 is 0 Å². The van der Waals surface area contributed by atoms with Gasteiger partial charge in [0, 0.05) is 18.4 Å². The number of piperidine rings is 1. The van der Waals surface area contributed by atoms with Crippen LogP contribution in [-0.4, -0.2) is 30.5 Å². The summed E-state index contributed by atoms with van der Waals surface area (Å²) in [5.74, 6) is 0.759. The lowest BCUT2D eigenvalue weighted by atomic mass is 9.82. The molecule has 22 heavy (non-hydrogen) atoms. The van der Waals surface area contributed by atoms with Gasteiger partial charge in [-0.1, -0.05) is 25.5 Å². The monoisotopic (exact) mass is 302 g/mol. The van der Waals surface area contributed by atoms with E-state index in [4.69, 9.17) is 10.5 Å². The van der Waals surface area contributed by atoms with Crippen molar-refractivity contribution in [1.82, 2.24) is 4.90 Å². The van der Waals surface area contributed by atoms with Gasteiger partial charge in [0.2, 0.25) is 5.91 Å². The fraction of sp³-hybridized carbons (Fsp3) is 0.611. The van der Waals surface area contributed by atoms with E-state index in [-0.39, 0.29) is 17.7 Å². The molecule has 1 aromatic rings. The van der Waals surface area contributed by atoms with Crippen LogP contribution in [0.25, 0.3) is 0 Å². The summed E-state index contributed by atoms with van der Waals surface area (Å²) in [6.45, 7) is 5.97. The third-order valence-electron chi connectivity index (χ3n) is 5.07.